The number of rotatable bonds is 52. The predicted molar refractivity (Wildman–Crippen MR) is 279 cm³/mol. The third-order valence-electron chi connectivity index (χ3n) is 11.3. The molecule has 5 atom stereocenters. The maximum Gasteiger partial charge on any atom is 0.472 e. The second-order valence-electron chi connectivity index (χ2n) is 18.2. The summed E-state index contributed by atoms with van der Waals surface area (Å²) in [7, 11) is -9.58. The van der Waals surface area contributed by atoms with Gasteiger partial charge in [-0.05, 0) is 77.0 Å². The Morgan fingerprint density at radius 1 is 0.371 bits per heavy atom. The fourth-order valence-corrected chi connectivity index (χ4v) is 8.63. The van der Waals surface area contributed by atoms with Crippen LogP contribution in [-0.4, -0.2) is 95.0 Å². The van der Waals surface area contributed by atoms with E-state index in [2.05, 4.69) is 71.5 Å². The van der Waals surface area contributed by atoms with Crippen LogP contribution in [0.3, 0.4) is 0 Å². The van der Waals surface area contributed by atoms with Crippen molar-refractivity contribution in [3.63, 3.8) is 0 Å². The summed E-state index contributed by atoms with van der Waals surface area (Å²) in [6.45, 7) is 0.389. The van der Waals surface area contributed by atoms with Gasteiger partial charge in [-0.25, -0.2) is 9.13 Å². The molecule has 5 N–H and O–H groups in total. The lowest BCUT2D eigenvalue weighted by atomic mass is 10.0. The largest absolute Gasteiger partial charge is 0.472 e. The lowest BCUT2D eigenvalue weighted by molar-refractivity contribution is -0.148. The minimum Gasteiger partial charge on any atom is -0.463 e. The number of aliphatic hydroxyl groups is 3. The molecule has 0 amide bonds. The minimum absolute atomic E-state index is 0.187. The number of carbonyl (C=O) groups is 2. The molecular weight excluding hydrogens is 939 g/mol. The molecule has 0 radical (unpaired) electrons. The van der Waals surface area contributed by atoms with Crippen molar-refractivity contribution < 1.29 is 71.4 Å². The van der Waals surface area contributed by atoms with Gasteiger partial charge in [-0.3, -0.25) is 27.7 Å². The maximum absolute atomic E-state index is 12.2. The Kier molecular flexibility index (Phi) is 47.8. The van der Waals surface area contributed by atoms with Crippen LogP contribution in [0.25, 0.3) is 0 Å². The van der Waals surface area contributed by atoms with Gasteiger partial charge in [0.1, 0.15) is 31.5 Å². The lowest BCUT2D eigenvalue weighted by Gasteiger charge is -2.19. The molecule has 0 saturated heterocycles. The highest BCUT2D eigenvalue weighted by Gasteiger charge is 2.28. The van der Waals surface area contributed by atoms with Crippen LogP contribution in [0.4, 0.5) is 0 Å². The van der Waals surface area contributed by atoms with Crippen LogP contribution in [0.5, 0.6) is 0 Å². The standard InChI is InChI=1S/C53H98O15P2/c1-3-5-7-9-11-13-15-17-19-21-22-23-24-26-28-30-32-34-36-38-40-42-53(58)64-44-50(55)46-66-70(61,62)68-48-51(56)47-67-69(59,60)65-45-49(54)43-63-52(57)41-39-37-35-33-31-29-27-25-20-18-16-14-12-10-8-6-4-2/h11-14,17-20,49-51,54-56H,3-10,15-16,21-48H2,1-2H3,(H,59,60)(H,61,62)/b13-11-,14-12-,19-17-,20-18-. The molecule has 0 aromatic carbocycles. The van der Waals surface area contributed by atoms with E-state index in [0.29, 0.717) is 12.8 Å². The van der Waals surface area contributed by atoms with Crippen LogP contribution in [-0.2, 0) is 46.3 Å². The van der Waals surface area contributed by atoms with E-state index in [-0.39, 0.29) is 12.8 Å². The summed E-state index contributed by atoms with van der Waals surface area (Å²) in [5.74, 6) is -1.00. The highest BCUT2D eigenvalue weighted by atomic mass is 31.2. The van der Waals surface area contributed by atoms with E-state index in [1.165, 1.54) is 109 Å². The molecule has 5 unspecified atom stereocenters. The van der Waals surface area contributed by atoms with Gasteiger partial charge in [0.15, 0.2) is 0 Å². The number of aliphatic hydroxyl groups excluding tert-OH is 3. The van der Waals surface area contributed by atoms with Crippen molar-refractivity contribution in [2.24, 2.45) is 0 Å². The highest BCUT2D eigenvalue weighted by Crippen LogP contribution is 2.45. The zero-order valence-electron chi connectivity index (χ0n) is 43.4. The first kappa shape index (κ1) is 68.0. The van der Waals surface area contributed by atoms with Gasteiger partial charge in [0, 0.05) is 12.8 Å². The number of ether oxygens (including phenoxy) is 2. The Labute approximate surface area is 423 Å². The number of phosphoric acid groups is 2. The van der Waals surface area contributed by atoms with Crippen LogP contribution in [0.15, 0.2) is 48.6 Å². The van der Waals surface area contributed by atoms with E-state index in [1.807, 2.05) is 0 Å². The summed E-state index contributed by atoms with van der Waals surface area (Å²) in [6.07, 6.45) is 48.0. The molecule has 0 heterocycles. The van der Waals surface area contributed by atoms with Crippen LogP contribution in [0, 0.1) is 0 Å². The number of esters is 2. The molecule has 15 nitrogen and oxygen atoms in total. The molecule has 0 bridgehead atoms. The summed E-state index contributed by atoms with van der Waals surface area (Å²) in [4.78, 5) is 43.9. The lowest BCUT2D eigenvalue weighted by Crippen LogP contribution is -2.25. The van der Waals surface area contributed by atoms with E-state index >= 15 is 0 Å². The Hall–Kier alpha value is -2.00. The average molecular weight is 1040 g/mol. The number of carbonyl (C=O) groups excluding carboxylic acids is 2. The minimum atomic E-state index is -4.79. The van der Waals surface area contributed by atoms with E-state index in [0.717, 1.165) is 70.6 Å². The normalized spacial score (nSPS) is 15.2. The first-order chi connectivity index (χ1) is 33.8. The Morgan fingerprint density at radius 2 is 0.614 bits per heavy atom. The van der Waals surface area contributed by atoms with Crippen LogP contribution in [0.1, 0.15) is 219 Å². The van der Waals surface area contributed by atoms with Gasteiger partial charge in [-0.2, -0.15) is 0 Å². The molecule has 0 saturated carbocycles. The fourth-order valence-electron chi connectivity index (χ4n) is 7.04. The van der Waals surface area contributed by atoms with Crippen LogP contribution in [0.2, 0.25) is 0 Å². The molecule has 0 fully saturated rings. The number of phosphoric ester groups is 2. The highest BCUT2D eigenvalue weighted by molar-refractivity contribution is 7.47. The van der Waals surface area contributed by atoms with Crippen molar-refractivity contribution in [3.8, 4) is 0 Å². The second kappa shape index (κ2) is 49.2. The molecule has 0 spiro atoms. The first-order valence-electron chi connectivity index (χ1n) is 27.0. The average Bonchev–Trinajstić information content (AvgIpc) is 3.34. The Balaban J connectivity index is 3.84. The van der Waals surface area contributed by atoms with Crippen molar-refractivity contribution >= 4 is 27.6 Å². The molecule has 17 heteroatoms. The number of hydrogen-bond donors (Lipinski definition) is 5. The monoisotopic (exact) mass is 1040 g/mol. The topological polar surface area (TPSA) is 225 Å². The quantitative estimate of drug-likeness (QED) is 0.0165. The van der Waals surface area contributed by atoms with Crippen molar-refractivity contribution in [1.29, 1.82) is 0 Å². The molecule has 0 aliphatic heterocycles. The van der Waals surface area contributed by atoms with Gasteiger partial charge >= 0.3 is 27.6 Å². The van der Waals surface area contributed by atoms with Crippen molar-refractivity contribution in [1.82, 2.24) is 0 Å². The zero-order valence-corrected chi connectivity index (χ0v) is 45.2. The smallest absolute Gasteiger partial charge is 0.463 e. The van der Waals surface area contributed by atoms with Crippen molar-refractivity contribution in [2.75, 3.05) is 39.6 Å². The fraction of sp³-hybridized carbons (Fsp3) is 0.811. The zero-order chi connectivity index (χ0) is 51.7. The summed E-state index contributed by atoms with van der Waals surface area (Å²) < 4.78 is 53.1. The maximum atomic E-state index is 12.2. The van der Waals surface area contributed by atoms with Gasteiger partial charge in [-0.15, -0.1) is 0 Å². The van der Waals surface area contributed by atoms with Crippen LogP contribution < -0.4 is 0 Å². The van der Waals surface area contributed by atoms with Crippen LogP contribution >= 0.6 is 15.6 Å². The van der Waals surface area contributed by atoms with E-state index in [1.54, 1.807) is 0 Å². The molecule has 0 aliphatic carbocycles. The molecule has 70 heavy (non-hydrogen) atoms. The van der Waals surface area contributed by atoms with Crippen molar-refractivity contribution in [3.05, 3.63) is 48.6 Å². The van der Waals surface area contributed by atoms with Gasteiger partial charge in [-0.1, -0.05) is 178 Å². The summed E-state index contributed by atoms with van der Waals surface area (Å²) in [5, 5.41) is 30.1. The van der Waals surface area contributed by atoms with E-state index < -0.39 is 85.5 Å². The predicted octanol–water partition coefficient (Wildman–Crippen LogP) is 13.2. The molecule has 0 aromatic heterocycles. The van der Waals surface area contributed by atoms with Gasteiger partial charge in [0.05, 0.1) is 26.4 Å². The molecular formula is C53H98O15P2. The van der Waals surface area contributed by atoms with Gasteiger partial charge in [0.25, 0.3) is 0 Å². The third-order valence-corrected chi connectivity index (χ3v) is 13.2. The SMILES string of the molecule is CCCCC/C=C\C/C=C\CCCCCCCCCCCCCC(=O)OCC(O)COP(=O)(O)OCC(O)COP(=O)(O)OCC(O)COC(=O)CCCCCCCCC/C=C\C/C=C\CCCCC. The Morgan fingerprint density at radius 3 is 0.900 bits per heavy atom. The number of allylic oxidation sites excluding steroid dienone is 8. The number of unbranched alkanes of at least 4 members (excludes halogenated alkanes) is 24. The second-order valence-corrected chi connectivity index (χ2v) is 21.1. The van der Waals surface area contributed by atoms with Gasteiger partial charge < -0.3 is 34.6 Å². The summed E-state index contributed by atoms with van der Waals surface area (Å²) in [5.41, 5.74) is 0. The van der Waals surface area contributed by atoms with Gasteiger partial charge in [0.2, 0.25) is 0 Å². The van der Waals surface area contributed by atoms with Crippen molar-refractivity contribution in [2.45, 2.75) is 238 Å². The molecule has 0 aliphatic rings. The summed E-state index contributed by atoms with van der Waals surface area (Å²) >= 11 is 0. The van der Waals surface area contributed by atoms with E-state index in [9.17, 15) is 43.8 Å². The summed E-state index contributed by atoms with van der Waals surface area (Å²) in [6, 6.07) is 0. The molecule has 410 valence electrons. The number of hydrogen-bond acceptors (Lipinski definition) is 13. The van der Waals surface area contributed by atoms with E-state index in [4.69, 9.17) is 18.5 Å². The molecule has 0 rings (SSSR count). The first-order valence-corrected chi connectivity index (χ1v) is 30.0. The Bertz CT molecular complexity index is 1440. The molecule has 0 aromatic rings. The third kappa shape index (κ3) is 50.9.